The molecule has 0 aliphatic heterocycles. The second-order valence-corrected chi connectivity index (χ2v) is 5.12. The lowest BCUT2D eigenvalue weighted by atomic mass is 10.1. The monoisotopic (exact) mass is 273 g/mol. The van der Waals surface area contributed by atoms with Gasteiger partial charge in [-0.25, -0.2) is 4.39 Å². The highest BCUT2D eigenvalue weighted by molar-refractivity contribution is 5.34. The van der Waals surface area contributed by atoms with E-state index in [-0.39, 0.29) is 17.6 Å². The van der Waals surface area contributed by atoms with Crippen LogP contribution in [0.1, 0.15) is 29.7 Å². The van der Waals surface area contributed by atoms with Crippen LogP contribution in [-0.4, -0.2) is 11.7 Å². The van der Waals surface area contributed by atoms with Crippen molar-refractivity contribution >= 4 is 0 Å². The Kier molecular flexibility index (Phi) is 4.74. The summed E-state index contributed by atoms with van der Waals surface area (Å²) in [6.45, 7) is 4.77. The summed E-state index contributed by atoms with van der Waals surface area (Å²) in [4.78, 5) is 0. The minimum atomic E-state index is -0.329. The van der Waals surface area contributed by atoms with Crippen LogP contribution in [0.3, 0.4) is 0 Å². The van der Waals surface area contributed by atoms with Crippen molar-refractivity contribution in [1.29, 1.82) is 0 Å². The van der Waals surface area contributed by atoms with Gasteiger partial charge >= 0.3 is 0 Å². The Morgan fingerprint density at radius 2 is 2.00 bits per heavy atom. The molecule has 3 heteroatoms. The first-order valence-corrected chi connectivity index (χ1v) is 6.83. The van der Waals surface area contributed by atoms with Gasteiger partial charge < -0.3 is 10.4 Å². The van der Waals surface area contributed by atoms with Crippen LogP contribution >= 0.6 is 0 Å². The zero-order valence-corrected chi connectivity index (χ0v) is 11.9. The molecule has 2 aromatic carbocycles. The average Bonchev–Trinajstić information content (AvgIpc) is 2.41. The molecule has 2 nitrogen and oxygen atoms in total. The molecule has 0 aliphatic rings. The molecular formula is C17H20FNO. The normalized spacial score (nSPS) is 12.3. The number of phenols is 1. The first-order valence-electron chi connectivity index (χ1n) is 6.83. The van der Waals surface area contributed by atoms with Gasteiger partial charge in [-0.05, 0) is 50.6 Å². The molecule has 0 spiro atoms. The van der Waals surface area contributed by atoms with Crippen molar-refractivity contribution in [3.05, 3.63) is 65.0 Å². The Morgan fingerprint density at radius 3 is 2.75 bits per heavy atom. The predicted molar refractivity (Wildman–Crippen MR) is 79.4 cm³/mol. The van der Waals surface area contributed by atoms with Crippen LogP contribution in [0.5, 0.6) is 5.75 Å². The number of aromatic hydroxyl groups is 1. The molecule has 0 saturated carbocycles. The maximum absolute atomic E-state index is 13.2. The summed E-state index contributed by atoms with van der Waals surface area (Å²) in [7, 11) is 0. The fourth-order valence-electron chi connectivity index (χ4n) is 2.28. The van der Waals surface area contributed by atoms with Crippen LogP contribution < -0.4 is 5.32 Å². The third kappa shape index (κ3) is 3.81. The fraction of sp³-hybridized carbons (Fsp3) is 0.294. The Balaban J connectivity index is 1.92. The van der Waals surface area contributed by atoms with Crippen molar-refractivity contribution in [2.75, 3.05) is 6.54 Å². The van der Waals surface area contributed by atoms with Crippen molar-refractivity contribution in [3.8, 4) is 5.75 Å². The van der Waals surface area contributed by atoms with Gasteiger partial charge in [-0.1, -0.05) is 29.8 Å². The SMILES string of the molecule is Cc1cccc(CCNC(C)c2cc(F)ccc2O)c1. The van der Waals surface area contributed by atoms with E-state index in [9.17, 15) is 9.50 Å². The number of rotatable bonds is 5. The molecule has 0 aromatic heterocycles. The van der Waals surface area contributed by atoms with Gasteiger partial charge in [-0.15, -0.1) is 0 Å². The van der Waals surface area contributed by atoms with Gasteiger partial charge in [-0.3, -0.25) is 0 Å². The third-order valence-electron chi connectivity index (χ3n) is 3.40. The highest BCUT2D eigenvalue weighted by Crippen LogP contribution is 2.24. The maximum atomic E-state index is 13.2. The van der Waals surface area contributed by atoms with Crippen LogP contribution in [0, 0.1) is 12.7 Å². The number of halogens is 1. The Labute approximate surface area is 119 Å². The molecule has 0 amide bonds. The van der Waals surface area contributed by atoms with E-state index in [1.165, 1.54) is 29.3 Å². The molecule has 0 fully saturated rings. The Bertz CT molecular complexity index is 583. The van der Waals surface area contributed by atoms with Crippen LogP contribution in [0.4, 0.5) is 4.39 Å². The molecule has 2 aromatic rings. The lowest BCUT2D eigenvalue weighted by molar-refractivity contribution is 0.450. The van der Waals surface area contributed by atoms with Crippen LogP contribution in [-0.2, 0) is 6.42 Å². The lowest BCUT2D eigenvalue weighted by Crippen LogP contribution is -2.21. The molecule has 0 saturated heterocycles. The summed E-state index contributed by atoms with van der Waals surface area (Å²) in [6, 6.07) is 12.3. The number of benzene rings is 2. The predicted octanol–water partition coefficient (Wildman–Crippen LogP) is 3.73. The summed E-state index contributed by atoms with van der Waals surface area (Å²) >= 11 is 0. The van der Waals surface area contributed by atoms with E-state index in [0.29, 0.717) is 5.56 Å². The molecule has 0 aliphatic carbocycles. The highest BCUT2D eigenvalue weighted by Gasteiger charge is 2.10. The van der Waals surface area contributed by atoms with Gasteiger partial charge in [0.05, 0.1) is 0 Å². The van der Waals surface area contributed by atoms with E-state index < -0.39 is 0 Å². The van der Waals surface area contributed by atoms with Crippen molar-refractivity contribution < 1.29 is 9.50 Å². The Morgan fingerprint density at radius 1 is 1.20 bits per heavy atom. The number of nitrogens with one attached hydrogen (secondary N) is 1. The standard InChI is InChI=1S/C17H20FNO/c1-12-4-3-5-14(10-12)8-9-19-13(2)16-11-15(18)6-7-17(16)20/h3-7,10-11,13,19-20H,8-9H2,1-2H3. The van der Waals surface area contributed by atoms with E-state index in [4.69, 9.17) is 0 Å². The maximum Gasteiger partial charge on any atom is 0.123 e. The second kappa shape index (κ2) is 6.53. The fourth-order valence-corrected chi connectivity index (χ4v) is 2.28. The molecule has 0 bridgehead atoms. The van der Waals surface area contributed by atoms with E-state index in [1.807, 2.05) is 13.0 Å². The van der Waals surface area contributed by atoms with E-state index >= 15 is 0 Å². The Hall–Kier alpha value is -1.87. The van der Waals surface area contributed by atoms with Gasteiger partial charge in [0, 0.05) is 11.6 Å². The minimum absolute atomic E-state index is 0.0875. The number of hydrogen-bond acceptors (Lipinski definition) is 2. The van der Waals surface area contributed by atoms with Crippen molar-refractivity contribution in [2.24, 2.45) is 0 Å². The molecule has 2 N–H and O–H groups in total. The summed E-state index contributed by atoms with van der Waals surface area (Å²) in [5.41, 5.74) is 3.11. The molecule has 0 radical (unpaired) electrons. The number of hydrogen-bond donors (Lipinski definition) is 2. The molecule has 1 unspecified atom stereocenters. The van der Waals surface area contributed by atoms with Crippen molar-refractivity contribution in [1.82, 2.24) is 5.32 Å². The molecule has 1 atom stereocenters. The summed E-state index contributed by atoms with van der Waals surface area (Å²) in [5.74, 6) is -0.202. The summed E-state index contributed by atoms with van der Waals surface area (Å²) < 4.78 is 13.2. The largest absolute Gasteiger partial charge is 0.508 e. The van der Waals surface area contributed by atoms with Crippen LogP contribution in [0.15, 0.2) is 42.5 Å². The lowest BCUT2D eigenvalue weighted by Gasteiger charge is -2.15. The van der Waals surface area contributed by atoms with Crippen molar-refractivity contribution in [3.63, 3.8) is 0 Å². The molecule has 2 rings (SSSR count). The quantitative estimate of drug-likeness (QED) is 0.870. The first-order chi connectivity index (χ1) is 9.56. The molecular weight excluding hydrogens is 253 g/mol. The van der Waals surface area contributed by atoms with Crippen LogP contribution in [0.25, 0.3) is 0 Å². The smallest absolute Gasteiger partial charge is 0.123 e. The van der Waals surface area contributed by atoms with E-state index in [0.717, 1.165) is 13.0 Å². The number of phenolic OH excluding ortho intramolecular Hbond substituents is 1. The zero-order valence-electron chi connectivity index (χ0n) is 11.9. The zero-order chi connectivity index (χ0) is 14.5. The molecule has 106 valence electrons. The minimum Gasteiger partial charge on any atom is -0.508 e. The van der Waals surface area contributed by atoms with Gasteiger partial charge in [0.1, 0.15) is 11.6 Å². The number of aryl methyl sites for hydroxylation is 1. The molecule has 20 heavy (non-hydrogen) atoms. The van der Waals surface area contributed by atoms with E-state index in [2.05, 4.69) is 30.4 Å². The van der Waals surface area contributed by atoms with E-state index in [1.54, 1.807) is 0 Å². The van der Waals surface area contributed by atoms with Crippen molar-refractivity contribution in [2.45, 2.75) is 26.3 Å². The molecule has 0 heterocycles. The van der Waals surface area contributed by atoms with Gasteiger partial charge in [0.25, 0.3) is 0 Å². The van der Waals surface area contributed by atoms with Crippen LogP contribution in [0.2, 0.25) is 0 Å². The topological polar surface area (TPSA) is 32.3 Å². The first kappa shape index (κ1) is 14.5. The highest BCUT2D eigenvalue weighted by atomic mass is 19.1. The van der Waals surface area contributed by atoms with Gasteiger partial charge in [0.2, 0.25) is 0 Å². The second-order valence-electron chi connectivity index (χ2n) is 5.12. The van der Waals surface area contributed by atoms with Gasteiger partial charge in [-0.2, -0.15) is 0 Å². The average molecular weight is 273 g/mol. The summed E-state index contributed by atoms with van der Waals surface area (Å²) in [5, 5.41) is 13.1. The third-order valence-corrected chi connectivity index (χ3v) is 3.40. The van der Waals surface area contributed by atoms with Gasteiger partial charge in [0.15, 0.2) is 0 Å². The summed E-state index contributed by atoms with van der Waals surface area (Å²) in [6.07, 6.45) is 0.905.